The molecule has 0 bridgehead atoms. The first-order valence-corrected chi connectivity index (χ1v) is 8.46. The van der Waals surface area contributed by atoms with Gasteiger partial charge in [-0.05, 0) is 13.0 Å². The molecule has 3 heteroatoms. The van der Waals surface area contributed by atoms with Crippen LogP contribution >= 0.6 is 0 Å². The summed E-state index contributed by atoms with van der Waals surface area (Å²) in [5.74, 6) is 0. The van der Waals surface area contributed by atoms with E-state index in [9.17, 15) is 0 Å². The Morgan fingerprint density at radius 2 is 1.83 bits per heavy atom. The van der Waals surface area contributed by atoms with E-state index in [0.717, 1.165) is 0 Å². The van der Waals surface area contributed by atoms with E-state index < -0.39 is 8.24 Å². The highest BCUT2D eigenvalue weighted by Gasteiger charge is 2.29. The molecule has 1 fully saturated rings. The van der Waals surface area contributed by atoms with Crippen LogP contribution in [0, 0.1) is 0 Å². The standard InChI is InChI=1S/C9H22N2Si/c1-5-6-10-7-8-11(9-10)12(2,3)4/h5-9H2,1-4H3. The van der Waals surface area contributed by atoms with Crippen molar-refractivity contribution in [2.75, 3.05) is 26.3 Å². The van der Waals surface area contributed by atoms with Gasteiger partial charge in [0.05, 0.1) is 0 Å². The second-order valence-corrected chi connectivity index (χ2v) is 9.67. The van der Waals surface area contributed by atoms with Crippen molar-refractivity contribution in [3.63, 3.8) is 0 Å². The molecule has 0 saturated carbocycles. The van der Waals surface area contributed by atoms with E-state index in [1.165, 1.54) is 32.7 Å². The lowest BCUT2D eigenvalue weighted by Crippen LogP contribution is -2.45. The maximum absolute atomic E-state index is 2.68. The molecular formula is C9H22N2Si. The quantitative estimate of drug-likeness (QED) is 0.620. The number of nitrogens with zero attached hydrogens (tertiary/aromatic N) is 2. The Bertz CT molecular complexity index is 142. The molecule has 1 aliphatic heterocycles. The zero-order valence-electron chi connectivity index (χ0n) is 8.93. The fraction of sp³-hybridized carbons (Fsp3) is 1.00. The van der Waals surface area contributed by atoms with Crippen LogP contribution in [0.5, 0.6) is 0 Å². The maximum atomic E-state index is 2.68. The summed E-state index contributed by atoms with van der Waals surface area (Å²) in [6, 6.07) is 0. The van der Waals surface area contributed by atoms with E-state index >= 15 is 0 Å². The highest BCUT2D eigenvalue weighted by molar-refractivity contribution is 6.73. The van der Waals surface area contributed by atoms with E-state index in [0.29, 0.717) is 0 Å². The molecule has 0 amide bonds. The molecule has 1 heterocycles. The Labute approximate surface area is 77.6 Å². The highest BCUT2D eigenvalue weighted by Crippen LogP contribution is 2.15. The van der Waals surface area contributed by atoms with E-state index in [4.69, 9.17) is 0 Å². The Balaban J connectivity index is 2.35. The van der Waals surface area contributed by atoms with E-state index in [1.807, 2.05) is 0 Å². The largest absolute Gasteiger partial charge is 0.311 e. The first-order chi connectivity index (χ1) is 5.54. The summed E-state index contributed by atoms with van der Waals surface area (Å²) >= 11 is 0. The second kappa shape index (κ2) is 3.90. The molecule has 0 N–H and O–H groups in total. The Kier molecular flexibility index (Phi) is 3.32. The Hall–Kier alpha value is 0.137. The second-order valence-electron chi connectivity index (χ2n) is 4.69. The van der Waals surface area contributed by atoms with Crippen LogP contribution in [0.2, 0.25) is 19.6 Å². The summed E-state index contributed by atoms with van der Waals surface area (Å²) in [7, 11) is -1.00. The molecule has 0 atom stereocenters. The SMILES string of the molecule is CCCN1CCN([Si](C)(C)C)C1. The van der Waals surface area contributed by atoms with Crippen molar-refractivity contribution in [2.24, 2.45) is 0 Å². The van der Waals surface area contributed by atoms with Crippen LogP contribution in [0.1, 0.15) is 13.3 Å². The van der Waals surface area contributed by atoms with E-state index in [1.54, 1.807) is 0 Å². The van der Waals surface area contributed by atoms with Crippen molar-refractivity contribution in [1.29, 1.82) is 0 Å². The van der Waals surface area contributed by atoms with Gasteiger partial charge in [0.1, 0.15) is 8.24 Å². The molecule has 0 radical (unpaired) electrons. The first kappa shape index (κ1) is 10.2. The Morgan fingerprint density at radius 1 is 1.17 bits per heavy atom. The van der Waals surface area contributed by atoms with Crippen molar-refractivity contribution in [1.82, 2.24) is 9.47 Å². The van der Waals surface area contributed by atoms with Gasteiger partial charge in [-0.2, -0.15) is 0 Å². The third-order valence-electron chi connectivity index (χ3n) is 2.55. The highest BCUT2D eigenvalue weighted by atomic mass is 28.3. The van der Waals surface area contributed by atoms with Gasteiger partial charge < -0.3 is 4.57 Å². The normalized spacial score (nSPS) is 22.0. The van der Waals surface area contributed by atoms with Crippen LogP contribution in [0.4, 0.5) is 0 Å². The van der Waals surface area contributed by atoms with Gasteiger partial charge in [-0.25, -0.2) is 0 Å². The van der Waals surface area contributed by atoms with Gasteiger partial charge in [-0.1, -0.05) is 26.6 Å². The number of hydrogen-bond donors (Lipinski definition) is 0. The third kappa shape index (κ3) is 2.57. The summed E-state index contributed by atoms with van der Waals surface area (Å²) in [4.78, 5) is 2.57. The van der Waals surface area contributed by atoms with E-state index in [2.05, 4.69) is 36.0 Å². The lowest BCUT2D eigenvalue weighted by molar-refractivity contribution is 0.303. The summed E-state index contributed by atoms with van der Waals surface area (Å²) in [6.07, 6.45) is 1.29. The molecule has 1 aliphatic rings. The molecule has 0 aromatic rings. The predicted molar refractivity (Wildman–Crippen MR) is 56.8 cm³/mol. The predicted octanol–water partition coefficient (Wildman–Crippen LogP) is 1.81. The van der Waals surface area contributed by atoms with Crippen molar-refractivity contribution in [2.45, 2.75) is 33.0 Å². The molecular weight excluding hydrogens is 164 g/mol. The molecule has 12 heavy (non-hydrogen) atoms. The molecule has 0 spiro atoms. The van der Waals surface area contributed by atoms with Gasteiger partial charge in [0, 0.05) is 19.8 Å². The lowest BCUT2D eigenvalue weighted by atomic mass is 10.4. The molecule has 0 aromatic heterocycles. The topological polar surface area (TPSA) is 6.48 Å². The van der Waals surface area contributed by atoms with Gasteiger partial charge in [0.25, 0.3) is 0 Å². The van der Waals surface area contributed by atoms with Crippen molar-refractivity contribution in [3.05, 3.63) is 0 Å². The van der Waals surface area contributed by atoms with Gasteiger partial charge in [-0.15, -0.1) is 0 Å². The van der Waals surface area contributed by atoms with E-state index in [-0.39, 0.29) is 0 Å². The minimum Gasteiger partial charge on any atom is -0.311 e. The van der Waals surface area contributed by atoms with Crippen LogP contribution in [0.15, 0.2) is 0 Å². The number of hydrogen-bond acceptors (Lipinski definition) is 2. The monoisotopic (exact) mass is 186 g/mol. The van der Waals surface area contributed by atoms with Crippen LogP contribution < -0.4 is 0 Å². The minimum absolute atomic E-state index is 1.00. The van der Waals surface area contributed by atoms with Gasteiger partial charge in [0.2, 0.25) is 0 Å². The molecule has 2 nitrogen and oxygen atoms in total. The van der Waals surface area contributed by atoms with Gasteiger partial charge in [0.15, 0.2) is 0 Å². The zero-order valence-corrected chi connectivity index (χ0v) is 9.93. The minimum atomic E-state index is -1.00. The van der Waals surface area contributed by atoms with Crippen molar-refractivity contribution in [3.8, 4) is 0 Å². The van der Waals surface area contributed by atoms with Crippen molar-refractivity contribution < 1.29 is 0 Å². The van der Waals surface area contributed by atoms with Gasteiger partial charge >= 0.3 is 0 Å². The van der Waals surface area contributed by atoms with Crippen LogP contribution in [-0.4, -0.2) is 44.0 Å². The van der Waals surface area contributed by atoms with Crippen LogP contribution in [0.25, 0.3) is 0 Å². The summed E-state index contributed by atoms with van der Waals surface area (Å²) in [5, 5.41) is 0. The fourth-order valence-corrected chi connectivity index (χ4v) is 3.09. The summed E-state index contributed by atoms with van der Waals surface area (Å²) in [5.41, 5.74) is 0. The molecule has 0 aromatic carbocycles. The van der Waals surface area contributed by atoms with Crippen molar-refractivity contribution >= 4 is 8.24 Å². The summed E-state index contributed by atoms with van der Waals surface area (Å²) in [6.45, 7) is 14.7. The molecule has 72 valence electrons. The Morgan fingerprint density at radius 3 is 2.25 bits per heavy atom. The zero-order chi connectivity index (χ0) is 9.19. The smallest absolute Gasteiger partial charge is 0.120 e. The van der Waals surface area contributed by atoms with Crippen LogP contribution in [-0.2, 0) is 0 Å². The fourth-order valence-electron chi connectivity index (χ4n) is 1.69. The summed E-state index contributed by atoms with van der Waals surface area (Å²) < 4.78 is 2.68. The molecule has 0 unspecified atom stereocenters. The first-order valence-electron chi connectivity index (χ1n) is 5.01. The third-order valence-corrected chi connectivity index (χ3v) is 4.81. The molecule has 1 rings (SSSR count). The number of rotatable bonds is 3. The molecule has 1 saturated heterocycles. The van der Waals surface area contributed by atoms with Gasteiger partial charge in [-0.3, -0.25) is 4.90 Å². The average Bonchev–Trinajstić information content (AvgIpc) is 2.35. The molecule has 0 aliphatic carbocycles. The maximum Gasteiger partial charge on any atom is 0.120 e. The average molecular weight is 186 g/mol. The lowest BCUT2D eigenvalue weighted by Gasteiger charge is -2.29. The van der Waals surface area contributed by atoms with Crippen LogP contribution in [0.3, 0.4) is 0 Å².